The van der Waals surface area contributed by atoms with Crippen LogP contribution in [-0.4, -0.2) is 41.1 Å². The first-order chi connectivity index (χ1) is 13.3. The first-order valence-electron chi connectivity index (χ1n) is 8.73. The highest BCUT2D eigenvalue weighted by molar-refractivity contribution is 14.0. The minimum Gasteiger partial charge on any atom is -0.489 e. The number of halogens is 2. The maximum atomic E-state index is 13.2. The molecule has 160 valence electrons. The number of sulfonamides is 1. The summed E-state index contributed by atoms with van der Waals surface area (Å²) >= 11 is 0. The number of hydrogen-bond donors (Lipinski definition) is 3. The van der Waals surface area contributed by atoms with E-state index in [0.717, 1.165) is 5.56 Å². The molecule has 0 saturated carbocycles. The Labute approximate surface area is 188 Å². The van der Waals surface area contributed by atoms with Crippen molar-refractivity contribution in [3.05, 3.63) is 59.9 Å². The highest BCUT2D eigenvalue weighted by atomic mass is 127. The lowest BCUT2D eigenvalue weighted by Gasteiger charge is -2.18. The van der Waals surface area contributed by atoms with E-state index in [1.165, 1.54) is 25.2 Å². The van der Waals surface area contributed by atoms with Crippen LogP contribution in [0.4, 0.5) is 4.39 Å². The highest BCUT2D eigenvalue weighted by Gasteiger charge is 2.11. The number of guanidine groups is 1. The van der Waals surface area contributed by atoms with Gasteiger partial charge in [0.25, 0.3) is 0 Å². The van der Waals surface area contributed by atoms with Crippen molar-refractivity contribution in [2.45, 2.75) is 24.5 Å². The van der Waals surface area contributed by atoms with E-state index in [4.69, 9.17) is 4.74 Å². The van der Waals surface area contributed by atoms with E-state index in [0.29, 0.717) is 24.8 Å². The highest BCUT2D eigenvalue weighted by Crippen LogP contribution is 2.13. The normalized spacial score (nSPS) is 12.6. The van der Waals surface area contributed by atoms with Gasteiger partial charge in [-0.1, -0.05) is 18.2 Å². The Bertz CT molecular complexity index is 925. The molecule has 0 aliphatic rings. The molecule has 0 amide bonds. The number of aliphatic imine (C=N–C) groups is 1. The summed E-state index contributed by atoms with van der Waals surface area (Å²) in [6, 6.07) is 12.6. The average molecular weight is 536 g/mol. The Morgan fingerprint density at radius 2 is 1.90 bits per heavy atom. The molecule has 0 saturated heterocycles. The molecule has 0 aliphatic carbocycles. The van der Waals surface area contributed by atoms with Gasteiger partial charge in [0.05, 0.1) is 11.4 Å². The third-order valence-electron chi connectivity index (χ3n) is 3.85. The summed E-state index contributed by atoms with van der Waals surface area (Å²) in [5, 5.41) is 6.24. The van der Waals surface area contributed by atoms with Crippen LogP contribution in [0.2, 0.25) is 0 Å². The van der Waals surface area contributed by atoms with Gasteiger partial charge >= 0.3 is 0 Å². The first kappa shape index (κ1) is 25.1. The zero-order valence-corrected chi connectivity index (χ0v) is 19.6. The lowest BCUT2D eigenvalue weighted by atomic mass is 10.2. The second-order valence-corrected chi connectivity index (χ2v) is 7.93. The van der Waals surface area contributed by atoms with Crippen LogP contribution in [0.3, 0.4) is 0 Å². The van der Waals surface area contributed by atoms with Gasteiger partial charge in [-0.3, -0.25) is 4.99 Å². The molecule has 0 aromatic heterocycles. The second kappa shape index (κ2) is 11.9. The van der Waals surface area contributed by atoms with Gasteiger partial charge in [0, 0.05) is 19.7 Å². The van der Waals surface area contributed by atoms with E-state index in [1.54, 1.807) is 31.3 Å². The summed E-state index contributed by atoms with van der Waals surface area (Å²) in [6.45, 7) is 2.70. The summed E-state index contributed by atoms with van der Waals surface area (Å²) in [5.74, 6) is 0.647. The van der Waals surface area contributed by atoms with Crippen molar-refractivity contribution >= 4 is 40.0 Å². The van der Waals surface area contributed by atoms with Crippen LogP contribution in [0.15, 0.2) is 58.4 Å². The third-order valence-corrected chi connectivity index (χ3v) is 5.26. The quantitative estimate of drug-likeness (QED) is 0.274. The molecule has 29 heavy (non-hydrogen) atoms. The van der Waals surface area contributed by atoms with Gasteiger partial charge < -0.3 is 15.4 Å². The Morgan fingerprint density at radius 3 is 2.55 bits per heavy atom. The van der Waals surface area contributed by atoms with Crippen molar-refractivity contribution < 1.29 is 17.5 Å². The number of rotatable bonds is 8. The van der Waals surface area contributed by atoms with Gasteiger partial charge in [0.2, 0.25) is 10.0 Å². The van der Waals surface area contributed by atoms with E-state index in [2.05, 4.69) is 20.3 Å². The molecule has 0 radical (unpaired) electrons. The van der Waals surface area contributed by atoms with Crippen LogP contribution in [0.25, 0.3) is 0 Å². The smallest absolute Gasteiger partial charge is 0.240 e. The number of benzene rings is 2. The van der Waals surface area contributed by atoms with Crippen molar-refractivity contribution in [1.29, 1.82) is 0 Å². The molecule has 10 heteroatoms. The van der Waals surface area contributed by atoms with Crippen LogP contribution in [0, 0.1) is 5.82 Å². The molecule has 2 aromatic carbocycles. The fourth-order valence-corrected chi connectivity index (χ4v) is 3.20. The summed E-state index contributed by atoms with van der Waals surface area (Å²) < 4.78 is 44.9. The molecule has 1 atom stereocenters. The zero-order chi connectivity index (χ0) is 20.6. The number of nitrogens with zero attached hydrogens (tertiary/aromatic N) is 1. The van der Waals surface area contributed by atoms with Crippen LogP contribution in [-0.2, 0) is 16.6 Å². The molecule has 0 bridgehead atoms. The van der Waals surface area contributed by atoms with E-state index >= 15 is 0 Å². The second-order valence-electron chi connectivity index (χ2n) is 6.05. The molecule has 0 aliphatic heterocycles. The Morgan fingerprint density at radius 1 is 1.17 bits per heavy atom. The maximum Gasteiger partial charge on any atom is 0.240 e. The molecular formula is C19H26FIN4O3S. The van der Waals surface area contributed by atoms with Crippen molar-refractivity contribution in [3.63, 3.8) is 0 Å². The Hall–Kier alpha value is -1.92. The molecule has 7 nitrogen and oxygen atoms in total. The number of nitrogens with one attached hydrogen (secondary N) is 3. The van der Waals surface area contributed by atoms with Crippen molar-refractivity contribution in [3.8, 4) is 5.75 Å². The summed E-state index contributed by atoms with van der Waals surface area (Å²) in [4.78, 5) is 4.33. The molecule has 0 heterocycles. The predicted molar refractivity (Wildman–Crippen MR) is 123 cm³/mol. The predicted octanol–water partition coefficient (Wildman–Crippen LogP) is 2.48. The van der Waals surface area contributed by atoms with Gasteiger partial charge in [-0.15, -0.1) is 24.0 Å². The zero-order valence-electron chi connectivity index (χ0n) is 16.5. The third kappa shape index (κ3) is 8.15. The van der Waals surface area contributed by atoms with Crippen LogP contribution in [0.1, 0.15) is 12.5 Å². The largest absolute Gasteiger partial charge is 0.489 e. The molecule has 2 rings (SSSR count). The van der Waals surface area contributed by atoms with Crippen molar-refractivity contribution in [2.24, 2.45) is 4.99 Å². The van der Waals surface area contributed by atoms with Gasteiger partial charge in [-0.25, -0.2) is 17.5 Å². The Balaban J connectivity index is 0.00000420. The molecule has 2 aromatic rings. The summed E-state index contributed by atoms with van der Waals surface area (Å²) in [7, 11) is -0.478. The SMILES string of the molecule is CN=C(NCc1cccc(S(=O)(=O)NC)c1)NCC(C)Oc1cccc(F)c1.I. The molecule has 3 N–H and O–H groups in total. The van der Waals surface area contributed by atoms with E-state index in [1.807, 2.05) is 13.0 Å². The van der Waals surface area contributed by atoms with Gasteiger partial charge in [0.15, 0.2) is 5.96 Å². The molecule has 0 fully saturated rings. The maximum absolute atomic E-state index is 13.2. The Kier molecular flexibility index (Phi) is 10.3. The lowest BCUT2D eigenvalue weighted by Crippen LogP contribution is -2.41. The molecule has 0 spiro atoms. The average Bonchev–Trinajstić information content (AvgIpc) is 2.68. The van der Waals surface area contributed by atoms with Gasteiger partial charge in [0.1, 0.15) is 17.7 Å². The monoisotopic (exact) mass is 536 g/mol. The topological polar surface area (TPSA) is 91.8 Å². The summed E-state index contributed by atoms with van der Waals surface area (Å²) in [5.41, 5.74) is 0.795. The fourth-order valence-electron chi connectivity index (χ4n) is 2.40. The minimum atomic E-state index is -3.49. The van der Waals surface area contributed by atoms with Crippen molar-refractivity contribution in [1.82, 2.24) is 15.4 Å². The van der Waals surface area contributed by atoms with E-state index in [-0.39, 0.29) is 40.8 Å². The van der Waals surface area contributed by atoms with E-state index < -0.39 is 10.0 Å². The first-order valence-corrected chi connectivity index (χ1v) is 10.2. The standard InChI is InChI=1S/C19H25FN4O3S.HI/c1-14(27-17-8-5-7-16(20)11-17)12-23-19(21-2)24-13-15-6-4-9-18(10-15)28(25,26)22-3;/h4-11,14,22H,12-13H2,1-3H3,(H2,21,23,24);1H. The fraction of sp³-hybridized carbons (Fsp3) is 0.316. The minimum absolute atomic E-state index is 0. The summed E-state index contributed by atoms with van der Waals surface area (Å²) in [6.07, 6.45) is -0.218. The van der Waals surface area contributed by atoms with E-state index in [9.17, 15) is 12.8 Å². The van der Waals surface area contributed by atoms with Crippen LogP contribution < -0.4 is 20.1 Å². The van der Waals surface area contributed by atoms with Crippen LogP contribution in [0.5, 0.6) is 5.75 Å². The van der Waals surface area contributed by atoms with Gasteiger partial charge in [-0.2, -0.15) is 0 Å². The van der Waals surface area contributed by atoms with Crippen LogP contribution >= 0.6 is 24.0 Å². The van der Waals surface area contributed by atoms with Crippen molar-refractivity contribution in [2.75, 3.05) is 20.6 Å². The number of ether oxygens (including phenoxy) is 1. The number of hydrogen-bond acceptors (Lipinski definition) is 4. The van der Waals surface area contributed by atoms with Gasteiger partial charge in [-0.05, 0) is 43.8 Å². The molecular weight excluding hydrogens is 510 g/mol. The lowest BCUT2D eigenvalue weighted by molar-refractivity contribution is 0.223. The molecule has 1 unspecified atom stereocenters.